The van der Waals surface area contributed by atoms with E-state index in [4.69, 9.17) is 0 Å². The normalized spacial score (nSPS) is 24.6. The standard InChI is InChI=1S/C24H29N3O2/c1-2-26-17-14-24(23(29)25-20-11-7-4-8-12-20)15-18-27(16-13-21(24)26)22(28)19-9-5-3-6-10-19/h3-12,21H,2,13-18H2,1H3,(H,25,29)/t21-,24-/m1/s1. The molecule has 2 amide bonds. The molecule has 0 aliphatic carbocycles. The van der Waals surface area contributed by atoms with Crippen molar-refractivity contribution in [2.75, 3.05) is 31.5 Å². The second-order valence-corrected chi connectivity index (χ2v) is 8.07. The lowest BCUT2D eigenvalue weighted by atomic mass is 9.75. The number of hydrogen-bond donors (Lipinski definition) is 1. The molecule has 2 heterocycles. The van der Waals surface area contributed by atoms with Crippen LogP contribution in [-0.4, -0.2) is 53.8 Å². The van der Waals surface area contributed by atoms with Crippen LogP contribution in [-0.2, 0) is 4.79 Å². The Kier molecular flexibility index (Phi) is 5.67. The van der Waals surface area contributed by atoms with Gasteiger partial charge in [0, 0.05) is 30.4 Å². The fourth-order valence-corrected chi connectivity index (χ4v) is 4.99. The maximum atomic E-state index is 13.5. The van der Waals surface area contributed by atoms with Crippen LogP contribution in [0.3, 0.4) is 0 Å². The molecule has 0 saturated carbocycles. The number of rotatable bonds is 4. The van der Waals surface area contributed by atoms with Crippen LogP contribution in [0.25, 0.3) is 0 Å². The molecule has 2 saturated heterocycles. The first-order valence-electron chi connectivity index (χ1n) is 10.6. The fraction of sp³-hybridized carbons (Fsp3) is 0.417. The summed E-state index contributed by atoms with van der Waals surface area (Å²) < 4.78 is 0. The number of carbonyl (C=O) groups excluding carboxylic acids is 2. The Labute approximate surface area is 172 Å². The van der Waals surface area contributed by atoms with Crippen LogP contribution >= 0.6 is 0 Å². The monoisotopic (exact) mass is 391 g/mol. The fourth-order valence-electron chi connectivity index (χ4n) is 4.99. The average molecular weight is 392 g/mol. The number of para-hydroxylation sites is 1. The van der Waals surface area contributed by atoms with Crippen molar-refractivity contribution in [3.8, 4) is 0 Å². The Morgan fingerprint density at radius 1 is 0.966 bits per heavy atom. The second kappa shape index (κ2) is 8.37. The molecule has 5 heteroatoms. The molecule has 29 heavy (non-hydrogen) atoms. The van der Waals surface area contributed by atoms with Gasteiger partial charge in [-0.15, -0.1) is 0 Å². The van der Waals surface area contributed by atoms with Gasteiger partial charge in [-0.25, -0.2) is 0 Å². The molecule has 2 atom stereocenters. The first kappa shape index (κ1) is 19.6. The topological polar surface area (TPSA) is 52.7 Å². The van der Waals surface area contributed by atoms with E-state index in [0.717, 1.165) is 37.2 Å². The van der Waals surface area contributed by atoms with E-state index in [1.54, 1.807) is 0 Å². The third-order valence-electron chi connectivity index (χ3n) is 6.62. The molecular weight excluding hydrogens is 362 g/mol. The van der Waals surface area contributed by atoms with Crippen LogP contribution in [0.4, 0.5) is 5.69 Å². The van der Waals surface area contributed by atoms with Gasteiger partial charge in [0.05, 0.1) is 5.41 Å². The van der Waals surface area contributed by atoms with Gasteiger partial charge in [0.1, 0.15) is 0 Å². The molecule has 0 aromatic heterocycles. The van der Waals surface area contributed by atoms with E-state index < -0.39 is 5.41 Å². The lowest BCUT2D eigenvalue weighted by molar-refractivity contribution is -0.127. The molecule has 2 fully saturated rings. The highest BCUT2D eigenvalue weighted by Gasteiger charge is 2.53. The summed E-state index contributed by atoms with van der Waals surface area (Å²) in [4.78, 5) is 30.8. The van der Waals surface area contributed by atoms with Gasteiger partial charge in [-0.3, -0.25) is 14.5 Å². The molecule has 2 aliphatic heterocycles. The first-order chi connectivity index (χ1) is 14.1. The summed E-state index contributed by atoms with van der Waals surface area (Å²) in [5.74, 6) is 0.158. The number of amides is 2. The summed E-state index contributed by atoms with van der Waals surface area (Å²) >= 11 is 0. The number of fused-ring (bicyclic) bond motifs is 1. The number of carbonyl (C=O) groups is 2. The Hall–Kier alpha value is -2.66. The Morgan fingerprint density at radius 2 is 1.62 bits per heavy atom. The number of nitrogens with zero attached hydrogens (tertiary/aromatic N) is 2. The molecule has 1 N–H and O–H groups in total. The molecule has 0 spiro atoms. The molecular formula is C24H29N3O2. The van der Waals surface area contributed by atoms with Gasteiger partial charge in [-0.05, 0) is 56.6 Å². The zero-order valence-electron chi connectivity index (χ0n) is 17.0. The third-order valence-corrected chi connectivity index (χ3v) is 6.62. The third kappa shape index (κ3) is 3.79. The number of nitrogens with one attached hydrogen (secondary N) is 1. The van der Waals surface area contributed by atoms with Crippen molar-refractivity contribution in [1.29, 1.82) is 0 Å². The highest BCUT2D eigenvalue weighted by Crippen LogP contribution is 2.44. The molecule has 0 radical (unpaired) electrons. The first-order valence-corrected chi connectivity index (χ1v) is 10.6. The molecule has 5 nitrogen and oxygen atoms in total. The predicted molar refractivity (Wildman–Crippen MR) is 115 cm³/mol. The van der Waals surface area contributed by atoms with Gasteiger partial charge in [0.25, 0.3) is 5.91 Å². The van der Waals surface area contributed by atoms with E-state index in [1.807, 2.05) is 65.6 Å². The van der Waals surface area contributed by atoms with Crippen LogP contribution < -0.4 is 5.32 Å². The Morgan fingerprint density at radius 3 is 2.31 bits per heavy atom. The quantitative estimate of drug-likeness (QED) is 0.866. The minimum atomic E-state index is -0.447. The van der Waals surface area contributed by atoms with Crippen LogP contribution in [0.2, 0.25) is 0 Å². The number of hydrogen-bond acceptors (Lipinski definition) is 3. The van der Waals surface area contributed by atoms with Crippen LogP contribution in [0, 0.1) is 5.41 Å². The molecule has 152 valence electrons. The second-order valence-electron chi connectivity index (χ2n) is 8.07. The lowest BCUT2D eigenvalue weighted by Gasteiger charge is -2.35. The van der Waals surface area contributed by atoms with Gasteiger partial charge < -0.3 is 10.2 Å². The van der Waals surface area contributed by atoms with E-state index in [2.05, 4.69) is 17.1 Å². The van der Waals surface area contributed by atoms with Crippen molar-refractivity contribution >= 4 is 17.5 Å². The van der Waals surface area contributed by atoms with E-state index in [9.17, 15) is 9.59 Å². The number of anilines is 1. The summed E-state index contributed by atoms with van der Waals surface area (Å²) in [5.41, 5.74) is 1.11. The van der Waals surface area contributed by atoms with E-state index in [0.29, 0.717) is 19.5 Å². The summed E-state index contributed by atoms with van der Waals surface area (Å²) in [7, 11) is 0. The zero-order valence-corrected chi connectivity index (χ0v) is 17.0. The average Bonchev–Trinajstić information content (AvgIpc) is 3.02. The number of benzene rings is 2. The van der Waals surface area contributed by atoms with Crippen molar-refractivity contribution in [2.45, 2.75) is 32.2 Å². The Balaban J connectivity index is 1.57. The largest absolute Gasteiger partial charge is 0.339 e. The SMILES string of the molecule is CCN1CC[C@@]2(C(=O)Nc3ccccc3)CCN(C(=O)c3ccccc3)CC[C@@H]12. The minimum absolute atomic E-state index is 0.0623. The molecule has 0 bridgehead atoms. The molecule has 2 aliphatic rings. The minimum Gasteiger partial charge on any atom is -0.339 e. The molecule has 2 aromatic carbocycles. The predicted octanol–water partition coefficient (Wildman–Crippen LogP) is 3.64. The van der Waals surface area contributed by atoms with Gasteiger partial charge in [-0.2, -0.15) is 0 Å². The smallest absolute Gasteiger partial charge is 0.253 e. The van der Waals surface area contributed by atoms with Crippen LogP contribution in [0.1, 0.15) is 36.5 Å². The van der Waals surface area contributed by atoms with Crippen molar-refractivity contribution in [3.63, 3.8) is 0 Å². The van der Waals surface area contributed by atoms with Crippen LogP contribution in [0.5, 0.6) is 0 Å². The van der Waals surface area contributed by atoms with Gasteiger partial charge in [-0.1, -0.05) is 43.3 Å². The van der Waals surface area contributed by atoms with E-state index in [1.165, 1.54) is 0 Å². The molecule has 2 aromatic rings. The molecule has 0 unspecified atom stereocenters. The summed E-state index contributed by atoms with van der Waals surface area (Å²) in [6.07, 6.45) is 2.37. The maximum absolute atomic E-state index is 13.5. The van der Waals surface area contributed by atoms with Gasteiger partial charge in [0.15, 0.2) is 0 Å². The lowest BCUT2D eigenvalue weighted by Crippen LogP contribution is -2.47. The summed E-state index contributed by atoms with van der Waals surface area (Å²) in [5, 5.41) is 3.15. The highest BCUT2D eigenvalue weighted by atomic mass is 16.2. The molecule has 4 rings (SSSR count). The van der Waals surface area contributed by atoms with E-state index >= 15 is 0 Å². The van der Waals surface area contributed by atoms with E-state index in [-0.39, 0.29) is 17.9 Å². The maximum Gasteiger partial charge on any atom is 0.253 e. The summed E-state index contributed by atoms with van der Waals surface area (Å²) in [6, 6.07) is 19.3. The van der Waals surface area contributed by atoms with Gasteiger partial charge >= 0.3 is 0 Å². The zero-order chi connectivity index (χ0) is 20.3. The number of likely N-dealkylation sites (tertiary alicyclic amines) is 2. The van der Waals surface area contributed by atoms with Crippen molar-refractivity contribution in [2.24, 2.45) is 5.41 Å². The van der Waals surface area contributed by atoms with Crippen molar-refractivity contribution in [3.05, 3.63) is 66.2 Å². The Bertz CT molecular complexity index is 855. The highest BCUT2D eigenvalue weighted by molar-refractivity contribution is 5.97. The summed E-state index contributed by atoms with van der Waals surface area (Å²) in [6.45, 7) is 5.33. The van der Waals surface area contributed by atoms with Gasteiger partial charge in [0.2, 0.25) is 5.91 Å². The van der Waals surface area contributed by atoms with Crippen molar-refractivity contribution < 1.29 is 9.59 Å². The van der Waals surface area contributed by atoms with Crippen molar-refractivity contribution in [1.82, 2.24) is 9.80 Å². The van der Waals surface area contributed by atoms with Crippen LogP contribution in [0.15, 0.2) is 60.7 Å².